The predicted molar refractivity (Wildman–Crippen MR) is 94.3 cm³/mol. The van der Waals surface area contributed by atoms with Gasteiger partial charge in [-0.2, -0.15) is 0 Å². The largest absolute Gasteiger partial charge is 0.494 e. The summed E-state index contributed by atoms with van der Waals surface area (Å²) in [6.45, 7) is 4.41. The Kier molecular flexibility index (Phi) is 5.44. The van der Waals surface area contributed by atoms with E-state index in [1.54, 1.807) is 0 Å². The molecule has 1 aliphatic heterocycles. The number of carbonyl (C=O) groups excluding carboxylic acids is 1. The van der Waals surface area contributed by atoms with E-state index < -0.39 is 0 Å². The van der Waals surface area contributed by atoms with Gasteiger partial charge in [0.05, 0.1) is 12.7 Å². The second-order valence-corrected chi connectivity index (χ2v) is 7.40. The van der Waals surface area contributed by atoms with Crippen LogP contribution in [0.15, 0.2) is 24.3 Å². The number of aliphatic hydroxyl groups is 1. The predicted octanol–water partition coefficient (Wildman–Crippen LogP) is 3.63. The Morgan fingerprint density at radius 2 is 1.96 bits per heavy atom. The molecule has 2 aliphatic rings. The van der Waals surface area contributed by atoms with E-state index in [1.807, 2.05) is 29.2 Å². The second kappa shape index (κ2) is 7.56. The monoisotopic (exact) mass is 331 g/mol. The third-order valence-corrected chi connectivity index (χ3v) is 5.68. The fourth-order valence-electron chi connectivity index (χ4n) is 4.02. The molecule has 1 amide bonds. The Bertz CT molecular complexity index is 554. The first-order valence-electron chi connectivity index (χ1n) is 9.32. The van der Waals surface area contributed by atoms with E-state index in [1.165, 1.54) is 0 Å². The van der Waals surface area contributed by atoms with Gasteiger partial charge in [0, 0.05) is 18.7 Å². The molecule has 0 bridgehead atoms. The molecular formula is C20H29NO3. The highest BCUT2D eigenvalue weighted by atomic mass is 16.5. The smallest absolute Gasteiger partial charge is 0.253 e. The van der Waals surface area contributed by atoms with E-state index in [-0.39, 0.29) is 12.0 Å². The van der Waals surface area contributed by atoms with Gasteiger partial charge >= 0.3 is 0 Å². The lowest BCUT2D eigenvalue weighted by atomic mass is 9.67. The molecule has 1 aromatic carbocycles. The Morgan fingerprint density at radius 3 is 2.62 bits per heavy atom. The first-order valence-corrected chi connectivity index (χ1v) is 9.32. The summed E-state index contributed by atoms with van der Waals surface area (Å²) < 4.78 is 5.64. The number of piperidine rings is 1. The minimum atomic E-state index is -0.110. The molecule has 1 N–H and O–H groups in total. The van der Waals surface area contributed by atoms with Gasteiger partial charge in [0.1, 0.15) is 5.75 Å². The Hall–Kier alpha value is -1.55. The van der Waals surface area contributed by atoms with Crippen LogP contribution in [0.2, 0.25) is 0 Å². The summed E-state index contributed by atoms with van der Waals surface area (Å²) in [5.41, 5.74) is 1.08. The third kappa shape index (κ3) is 3.92. The van der Waals surface area contributed by atoms with Gasteiger partial charge in [0.25, 0.3) is 5.91 Å². The average molecular weight is 331 g/mol. The van der Waals surface area contributed by atoms with Crippen LogP contribution in [0.4, 0.5) is 0 Å². The van der Waals surface area contributed by atoms with Gasteiger partial charge in [-0.1, -0.05) is 13.0 Å². The molecule has 4 nitrogen and oxygen atoms in total. The number of amides is 1. The van der Waals surface area contributed by atoms with Gasteiger partial charge in [-0.25, -0.2) is 0 Å². The number of benzene rings is 1. The van der Waals surface area contributed by atoms with Crippen LogP contribution < -0.4 is 4.74 Å². The second-order valence-electron chi connectivity index (χ2n) is 7.40. The highest BCUT2D eigenvalue weighted by molar-refractivity contribution is 5.94. The molecule has 0 atom stereocenters. The van der Waals surface area contributed by atoms with Gasteiger partial charge in [0.15, 0.2) is 0 Å². The number of hydrogen-bond donors (Lipinski definition) is 1. The quantitative estimate of drug-likeness (QED) is 0.916. The minimum Gasteiger partial charge on any atom is -0.494 e. The van der Waals surface area contributed by atoms with Crippen molar-refractivity contribution in [2.45, 2.75) is 58.0 Å². The summed E-state index contributed by atoms with van der Waals surface area (Å²) in [5, 5.41) is 9.72. The van der Waals surface area contributed by atoms with Crippen molar-refractivity contribution >= 4 is 5.91 Å². The van der Waals surface area contributed by atoms with Gasteiger partial charge in [-0.15, -0.1) is 0 Å². The molecule has 3 rings (SSSR count). The molecule has 1 aliphatic carbocycles. The van der Waals surface area contributed by atoms with E-state index in [9.17, 15) is 9.90 Å². The zero-order valence-corrected chi connectivity index (χ0v) is 14.7. The Balaban J connectivity index is 1.59. The summed E-state index contributed by atoms with van der Waals surface area (Å²) in [7, 11) is 0. The van der Waals surface area contributed by atoms with E-state index >= 15 is 0 Å². The van der Waals surface area contributed by atoms with E-state index in [0.29, 0.717) is 12.0 Å². The SMILES string of the molecule is CCCOc1cccc(C(=O)N2CCC3(CCC(O)CC3)CC2)c1. The minimum absolute atomic E-state index is 0.110. The van der Waals surface area contributed by atoms with Gasteiger partial charge in [-0.05, 0) is 68.6 Å². The maximum absolute atomic E-state index is 12.8. The van der Waals surface area contributed by atoms with Crippen LogP contribution in [0.25, 0.3) is 0 Å². The van der Waals surface area contributed by atoms with Crippen molar-refractivity contribution in [2.24, 2.45) is 5.41 Å². The van der Waals surface area contributed by atoms with E-state index in [2.05, 4.69) is 6.92 Å². The number of ether oxygens (including phenoxy) is 1. The molecule has 1 spiro atoms. The van der Waals surface area contributed by atoms with Crippen molar-refractivity contribution in [3.05, 3.63) is 29.8 Å². The van der Waals surface area contributed by atoms with Gasteiger partial charge in [0.2, 0.25) is 0 Å². The van der Waals surface area contributed by atoms with Crippen LogP contribution in [0.3, 0.4) is 0 Å². The van der Waals surface area contributed by atoms with Crippen molar-refractivity contribution in [1.82, 2.24) is 4.90 Å². The highest BCUT2D eigenvalue weighted by Gasteiger charge is 2.38. The van der Waals surface area contributed by atoms with Crippen molar-refractivity contribution in [3.8, 4) is 5.75 Å². The van der Waals surface area contributed by atoms with Crippen LogP contribution in [-0.2, 0) is 0 Å². The van der Waals surface area contributed by atoms with Crippen LogP contribution in [0, 0.1) is 5.41 Å². The maximum Gasteiger partial charge on any atom is 0.253 e. The summed E-state index contributed by atoms with van der Waals surface area (Å²) in [5.74, 6) is 0.889. The fourth-order valence-corrected chi connectivity index (χ4v) is 4.02. The van der Waals surface area contributed by atoms with E-state index in [0.717, 1.165) is 69.3 Å². The maximum atomic E-state index is 12.8. The third-order valence-electron chi connectivity index (χ3n) is 5.68. The van der Waals surface area contributed by atoms with Crippen molar-refractivity contribution in [2.75, 3.05) is 19.7 Å². The van der Waals surface area contributed by atoms with Crippen molar-refractivity contribution < 1.29 is 14.6 Å². The zero-order valence-electron chi connectivity index (χ0n) is 14.7. The van der Waals surface area contributed by atoms with Crippen LogP contribution in [0.5, 0.6) is 5.75 Å². The number of nitrogens with zero attached hydrogens (tertiary/aromatic N) is 1. The topological polar surface area (TPSA) is 49.8 Å². The van der Waals surface area contributed by atoms with Gasteiger partial charge < -0.3 is 14.7 Å². The lowest BCUT2D eigenvalue weighted by Gasteiger charge is -2.45. The highest BCUT2D eigenvalue weighted by Crippen LogP contribution is 2.44. The number of aliphatic hydroxyl groups excluding tert-OH is 1. The molecule has 1 saturated carbocycles. The first kappa shape index (κ1) is 17.3. The molecule has 132 valence electrons. The normalized spacial score (nSPS) is 21.0. The summed E-state index contributed by atoms with van der Waals surface area (Å²) in [4.78, 5) is 14.8. The molecule has 2 fully saturated rings. The van der Waals surface area contributed by atoms with Crippen molar-refractivity contribution in [3.63, 3.8) is 0 Å². The summed E-state index contributed by atoms with van der Waals surface area (Å²) in [6, 6.07) is 7.54. The number of carbonyl (C=O) groups is 1. The zero-order chi connectivity index (χ0) is 17.0. The fraction of sp³-hybridized carbons (Fsp3) is 0.650. The standard InChI is InChI=1S/C20H29NO3/c1-2-14-24-18-5-3-4-16(15-18)19(23)21-12-10-20(11-13-21)8-6-17(22)7-9-20/h3-5,15,17,22H,2,6-14H2,1H3. The molecule has 0 unspecified atom stereocenters. The lowest BCUT2D eigenvalue weighted by Crippen LogP contribution is -2.45. The number of rotatable bonds is 4. The van der Waals surface area contributed by atoms with Crippen LogP contribution >= 0.6 is 0 Å². The number of hydrogen-bond acceptors (Lipinski definition) is 3. The van der Waals surface area contributed by atoms with Crippen LogP contribution in [-0.4, -0.2) is 41.7 Å². The van der Waals surface area contributed by atoms with Crippen molar-refractivity contribution in [1.29, 1.82) is 0 Å². The molecule has 0 radical (unpaired) electrons. The molecule has 1 heterocycles. The lowest BCUT2D eigenvalue weighted by molar-refractivity contribution is 0.0168. The Morgan fingerprint density at radius 1 is 1.25 bits per heavy atom. The first-order chi connectivity index (χ1) is 11.6. The molecular weight excluding hydrogens is 302 g/mol. The Labute approximate surface area is 144 Å². The average Bonchev–Trinajstić information content (AvgIpc) is 2.63. The molecule has 1 saturated heterocycles. The van der Waals surface area contributed by atoms with E-state index in [4.69, 9.17) is 4.74 Å². The molecule has 4 heteroatoms. The summed E-state index contributed by atoms with van der Waals surface area (Å²) in [6.07, 6.45) is 7.04. The molecule has 0 aromatic heterocycles. The van der Waals surface area contributed by atoms with Crippen LogP contribution in [0.1, 0.15) is 62.2 Å². The number of likely N-dealkylation sites (tertiary alicyclic amines) is 1. The van der Waals surface area contributed by atoms with Gasteiger partial charge in [-0.3, -0.25) is 4.79 Å². The summed E-state index contributed by atoms with van der Waals surface area (Å²) >= 11 is 0. The molecule has 1 aromatic rings. The molecule has 24 heavy (non-hydrogen) atoms.